The minimum atomic E-state index is -3.68. The van der Waals surface area contributed by atoms with Gasteiger partial charge in [-0.25, -0.2) is 13.1 Å². The van der Waals surface area contributed by atoms with E-state index in [1.807, 2.05) is 25.2 Å². The number of sulfonamides is 1. The van der Waals surface area contributed by atoms with Crippen LogP contribution in [0.5, 0.6) is 5.75 Å². The average Bonchev–Trinajstić information content (AvgIpc) is 2.66. The number of rotatable bonds is 6. The van der Waals surface area contributed by atoms with Crippen molar-refractivity contribution in [2.24, 2.45) is 0 Å². The summed E-state index contributed by atoms with van der Waals surface area (Å²) in [6.45, 7) is 5.61. The predicted octanol–water partition coefficient (Wildman–Crippen LogP) is 2.68. The maximum Gasteiger partial charge on any atom is 0.241 e. The monoisotopic (exact) mass is 373 g/mol. The molecule has 0 aliphatic carbocycles. The molecular formula is C19H23N3O3S. The van der Waals surface area contributed by atoms with E-state index in [9.17, 15) is 8.42 Å². The van der Waals surface area contributed by atoms with Crippen molar-refractivity contribution >= 4 is 27.5 Å². The zero-order valence-corrected chi connectivity index (χ0v) is 15.8. The Morgan fingerprint density at radius 2 is 2.04 bits per heavy atom. The summed E-state index contributed by atoms with van der Waals surface area (Å²) in [6.07, 6.45) is 1.57. The van der Waals surface area contributed by atoms with Crippen molar-refractivity contribution in [3.05, 3.63) is 54.1 Å². The van der Waals surface area contributed by atoms with Crippen molar-refractivity contribution in [1.29, 1.82) is 0 Å². The van der Waals surface area contributed by atoms with Crippen molar-refractivity contribution in [2.45, 2.75) is 11.4 Å². The third-order valence-electron chi connectivity index (χ3n) is 4.44. The topological polar surface area (TPSA) is 70.7 Å². The van der Waals surface area contributed by atoms with Gasteiger partial charge in [-0.1, -0.05) is 24.8 Å². The number of benzene rings is 2. The van der Waals surface area contributed by atoms with Crippen LogP contribution in [-0.2, 0) is 16.6 Å². The first kappa shape index (κ1) is 18.3. The van der Waals surface area contributed by atoms with Crippen LogP contribution in [0.2, 0.25) is 0 Å². The van der Waals surface area contributed by atoms with Gasteiger partial charge >= 0.3 is 0 Å². The normalized spacial score (nSPS) is 13.7. The molecule has 0 unspecified atom stereocenters. The number of hydrogen-bond donors (Lipinski definition) is 2. The maximum atomic E-state index is 12.9. The summed E-state index contributed by atoms with van der Waals surface area (Å²) in [5, 5.41) is 3.26. The van der Waals surface area contributed by atoms with Crippen LogP contribution >= 0.6 is 0 Å². The molecule has 1 aliphatic rings. The quantitative estimate of drug-likeness (QED) is 0.815. The standard InChI is InChI=1S/C19H23N3O3S/c1-4-15-11-18-17(20-9-10-22(18)2)12-19(15)26(23,24)21-13-14-5-7-16(25-3)8-6-14/h4-8,11-12,20-21H,1,9-10,13H2,2-3H3. The van der Waals surface area contributed by atoms with Crippen molar-refractivity contribution in [3.8, 4) is 5.75 Å². The molecule has 7 heteroatoms. The molecule has 0 saturated heterocycles. The lowest BCUT2D eigenvalue weighted by atomic mass is 10.1. The zero-order valence-electron chi connectivity index (χ0n) is 15.0. The summed E-state index contributed by atoms with van der Waals surface area (Å²) in [7, 11) is -0.0968. The molecule has 0 aromatic heterocycles. The van der Waals surface area contributed by atoms with Crippen molar-refractivity contribution < 1.29 is 13.2 Å². The molecule has 1 heterocycles. The van der Waals surface area contributed by atoms with Crippen LogP contribution in [0.4, 0.5) is 11.4 Å². The van der Waals surface area contributed by atoms with Gasteiger partial charge in [0.1, 0.15) is 5.75 Å². The Kier molecular flexibility index (Phi) is 5.20. The van der Waals surface area contributed by atoms with Crippen molar-refractivity contribution in [3.63, 3.8) is 0 Å². The highest BCUT2D eigenvalue weighted by molar-refractivity contribution is 7.89. The Hall–Kier alpha value is -2.51. The van der Waals surface area contributed by atoms with Gasteiger partial charge < -0.3 is 15.0 Å². The Morgan fingerprint density at radius 1 is 1.31 bits per heavy atom. The van der Waals surface area contributed by atoms with Crippen LogP contribution in [0.15, 0.2) is 47.9 Å². The number of likely N-dealkylation sites (N-methyl/N-ethyl adjacent to an activating group) is 1. The molecule has 0 spiro atoms. The summed E-state index contributed by atoms with van der Waals surface area (Å²) in [4.78, 5) is 2.32. The van der Waals surface area contributed by atoms with E-state index in [-0.39, 0.29) is 11.4 Å². The second-order valence-corrected chi connectivity index (χ2v) is 7.87. The van der Waals surface area contributed by atoms with Gasteiger partial charge in [-0.2, -0.15) is 0 Å². The zero-order chi connectivity index (χ0) is 18.7. The third-order valence-corrected chi connectivity index (χ3v) is 5.89. The minimum Gasteiger partial charge on any atom is -0.497 e. The molecule has 3 rings (SSSR count). The SMILES string of the molecule is C=Cc1cc2c(cc1S(=O)(=O)NCc1ccc(OC)cc1)NCCN2C. The molecule has 0 bridgehead atoms. The summed E-state index contributed by atoms with van der Waals surface area (Å²) < 4.78 is 33.5. The summed E-state index contributed by atoms with van der Waals surface area (Å²) in [5.74, 6) is 0.732. The molecular weight excluding hydrogens is 350 g/mol. The minimum absolute atomic E-state index is 0.202. The number of methoxy groups -OCH3 is 1. The second kappa shape index (κ2) is 7.39. The number of nitrogens with zero attached hydrogens (tertiary/aromatic N) is 1. The van der Waals surface area contributed by atoms with E-state index in [4.69, 9.17) is 4.74 Å². The smallest absolute Gasteiger partial charge is 0.241 e. The lowest BCUT2D eigenvalue weighted by molar-refractivity contribution is 0.414. The molecule has 2 aromatic rings. The number of nitrogens with one attached hydrogen (secondary N) is 2. The van der Waals surface area contributed by atoms with Crippen LogP contribution < -0.4 is 19.7 Å². The summed E-state index contributed by atoms with van der Waals surface area (Å²) in [6, 6.07) is 10.8. The fourth-order valence-corrected chi connectivity index (χ4v) is 4.15. The Morgan fingerprint density at radius 3 is 2.69 bits per heavy atom. The summed E-state index contributed by atoms with van der Waals surface area (Å²) >= 11 is 0. The molecule has 138 valence electrons. The largest absolute Gasteiger partial charge is 0.497 e. The van der Waals surface area contributed by atoms with Crippen molar-refractivity contribution in [1.82, 2.24) is 4.72 Å². The van der Waals surface area contributed by atoms with E-state index >= 15 is 0 Å². The first-order valence-electron chi connectivity index (χ1n) is 8.32. The van der Waals surface area contributed by atoms with E-state index in [0.717, 1.165) is 35.8 Å². The molecule has 2 aromatic carbocycles. The number of hydrogen-bond acceptors (Lipinski definition) is 5. The maximum absolute atomic E-state index is 12.9. The van der Waals surface area contributed by atoms with Gasteiger partial charge in [0.2, 0.25) is 10.0 Å². The fourth-order valence-electron chi connectivity index (χ4n) is 2.91. The van der Waals surface area contributed by atoms with Crippen LogP contribution in [-0.4, -0.2) is 35.7 Å². The van der Waals surface area contributed by atoms with Gasteiger partial charge in [0.05, 0.1) is 23.4 Å². The van der Waals surface area contributed by atoms with Gasteiger partial charge in [0.15, 0.2) is 0 Å². The summed E-state index contributed by atoms with van der Waals surface area (Å²) in [5.41, 5.74) is 3.22. The van der Waals surface area contributed by atoms with E-state index in [1.54, 1.807) is 31.4 Å². The number of anilines is 2. The van der Waals surface area contributed by atoms with Gasteiger partial charge in [-0.05, 0) is 35.4 Å². The lowest BCUT2D eigenvalue weighted by Gasteiger charge is -2.29. The molecule has 0 radical (unpaired) electrons. The van der Waals surface area contributed by atoms with E-state index in [1.165, 1.54) is 0 Å². The molecule has 0 atom stereocenters. The number of fused-ring (bicyclic) bond motifs is 1. The molecule has 6 nitrogen and oxygen atoms in total. The Balaban J connectivity index is 1.87. The molecule has 1 aliphatic heterocycles. The average molecular weight is 373 g/mol. The molecule has 0 amide bonds. The van der Waals surface area contributed by atoms with Crippen molar-refractivity contribution in [2.75, 3.05) is 37.5 Å². The molecule has 0 fully saturated rings. The van der Waals surface area contributed by atoms with E-state index < -0.39 is 10.0 Å². The van der Waals surface area contributed by atoms with E-state index in [0.29, 0.717) is 5.56 Å². The van der Waals surface area contributed by atoms with Gasteiger partial charge in [0, 0.05) is 26.7 Å². The first-order valence-corrected chi connectivity index (χ1v) is 9.81. The molecule has 0 saturated carbocycles. The van der Waals surface area contributed by atoms with Gasteiger partial charge in [0.25, 0.3) is 0 Å². The second-order valence-electron chi connectivity index (χ2n) is 6.13. The Bertz CT molecular complexity index is 908. The third kappa shape index (κ3) is 3.68. The van der Waals surface area contributed by atoms with Crippen LogP contribution in [0, 0.1) is 0 Å². The van der Waals surface area contributed by atoms with Crippen LogP contribution in [0.3, 0.4) is 0 Å². The highest BCUT2D eigenvalue weighted by Gasteiger charge is 2.22. The predicted molar refractivity (Wildman–Crippen MR) is 105 cm³/mol. The fraction of sp³-hybridized carbons (Fsp3) is 0.263. The Labute approximate surface area is 154 Å². The highest BCUT2D eigenvalue weighted by Crippen LogP contribution is 2.33. The van der Waals surface area contributed by atoms with E-state index in [2.05, 4.69) is 21.5 Å². The lowest BCUT2D eigenvalue weighted by Crippen LogP contribution is -2.31. The highest BCUT2D eigenvalue weighted by atomic mass is 32.2. The number of ether oxygens (including phenoxy) is 1. The molecule has 26 heavy (non-hydrogen) atoms. The molecule has 2 N–H and O–H groups in total. The first-order chi connectivity index (χ1) is 12.4. The van der Waals surface area contributed by atoms with Crippen LogP contribution in [0.25, 0.3) is 6.08 Å². The van der Waals surface area contributed by atoms with Gasteiger partial charge in [-0.3, -0.25) is 0 Å². The van der Waals surface area contributed by atoms with Crippen LogP contribution in [0.1, 0.15) is 11.1 Å². The van der Waals surface area contributed by atoms with Gasteiger partial charge in [-0.15, -0.1) is 0 Å².